The van der Waals surface area contributed by atoms with Gasteiger partial charge in [-0.3, -0.25) is 14.8 Å². The fraction of sp³-hybridized carbons (Fsp3) is 0.400. The van der Waals surface area contributed by atoms with Crippen LogP contribution in [0, 0.1) is 0 Å². The van der Waals surface area contributed by atoms with Crippen LogP contribution in [0.5, 0.6) is 0 Å². The van der Waals surface area contributed by atoms with Crippen LogP contribution in [0.2, 0.25) is 0 Å². The molecular formula is C20H25FN8O4. The van der Waals surface area contributed by atoms with Crippen molar-refractivity contribution in [3.05, 3.63) is 59.2 Å². The van der Waals surface area contributed by atoms with Crippen molar-refractivity contribution in [2.45, 2.75) is 38.5 Å². The number of methoxy groups -OCH3 is 1. The second-order valence-corrected chi connectivity index (χ2v) is 7.18. The van der Waals surface area contributed by atoms with Crippen molar-refractivity contribution >= 4 is 11.9 Å². The minimum atomic E-state index is -1.26. The molecule has 0 aliphatic heterocycles. The molecule has 13 heteroatoms. The van der Waals surface area contributed by atoms with E-state index >= 15 is 0 Å². The Morgan fingerprint density at radius 1 is 1.21 bits per heavy atom. The van der Waals surface area contributed by atoms with Gasteiger partial charge < -0.3 is 15.2 Å². The van der Waals surface area contributed by atoms with Gasteiger partial charge in [0.1, 0.15) is 11.9 Å². The highest BCUT2D eigenvalue weighted by molar-refractivity contribution is 5.92. The largest absolute Gasteiger partial charge is 0.465 e. The molecule has 0 aliphatic rings. The number of aromatic nitrogens is 6. The molecule has 3 aromatic rings. The summed E-state index contributed by atoms with van der Waals surface area (Å²) in [6, 6.07) is 6.68. The van der Waals surface area contributed by atoms with Crippen molar-refractivity contribution in [2.75, 3.05) is 14.2 Å². The average Bonchev–Trinajstić information content (AvgIpc) is 3.50. The first-order chi connectivity index (χ1) is 15.9. The minimum Gasteiger partial charge on any atom is -0.465 e. The highest BCUT2D eigenvalue weighted by atomic mass is 19.1. The third-order valence-electron chi connectivity index (χ3n) is 4.74. The SMILES string of the molecule is CNC(O)c1cn(CCC(F)Cn2cc(C(=O)NCc3cccc(C(=O)OC)c3)nn2)nn1. The molecule has 3 rings (SSSR count). The van der Waals surface area contributed by atoms with Crippen LogP contribution in [-0.4, -0.2) is 67.3 Å². The second-order valence-electron chi connectivity index (χ2n) is 7.18. The van der Waals surface area contributed by atoms with Crippen molar-refractivity contribution < 1.29 is 23.8 Å². The fourth-order valence-electron chi connectivity index (χ4n) is 2.95. The fourth-order valence-corrected chi connectivity index (χ4v) is 2.95. The van der Waals surface area contributed by atoms with Gasteiger partial charge in [0.2, 0.25) is 0 Å². The first-order valence-electron chi connectivity index (χ1n) is 10.1. The summed E-state index contributed by atoms with van der Waals surface area (Å²) in [7, 11) is 2.87. The number of halogens is 1. The number of rotatable bonds is 11. The number of nitrogens with one attached hydrogen (secondary N) is 2. The van der Waals surface area contributed by atoms with Crippen molar-refractivity contribution in [2.24, 2.45) is 0 Å². The average molecular weight is 460 g/mol. The number of carbonyl (C=O) groups excluding carboxylic acids is 2. The van der Waals surface area contributed by atoms with Crippen LogP contribution in [0.25, 0.3) is 0 Å². The zero-order valence-electron chi connectivity index (χ0n) is 18.2. The maximum atomic E-state index is 14.4. The molecule has 2 heterocycles. The standard InChI is InChI=1S/C20H25FN8O4/c1-22-18(30)16-11-28(26-24-16)7-6-15(21)10-29-12-17(25-27-29)19(31)23-9-13-4-3-5-14(8-13)20(32)33-2/h3-5,8,11-12,15,18,22,30H,6-7,9-10H2,1-2H3,(H,23,31). The lowest BCUT2D eigenvalue weighted by Crippen LogP contribution is -2.23. The van der Waals surface area contributed by atoms with Gasteiger partial charge in [0.05, 0.1) is 31.6 Å². The summed E-state index contributed by atoms with van der Waals surface area (Å²) in [6.45, 7) is 0.351. The predicted octanol–water partition coefficient (Wildman–Crippen LogP) is 0.225. The molecule has 2 aromatic heterocycles. The van der Waals surface area contributed by atoms with Gasteiger partial charge in [0.15, 0.2) is 11.9 Å². The number of amides is 1. The summed E-state index contributed by atoms with van der Waals surface area (Å²) in [5, 5.41) is 30.2. The molecule has 12 nitrogen and oxygen atoms in total. The normalized spacial score (nSPS) is 12.8. The second kappa shape index (κ2) is 11.2. The molecule has 0 aliphatic carbocycles. The number of benzene rings is 1. The van der Waals surface area contributed by atoms with E-state index in [1.54, 1.807) is 31.3 Å². The Hall–Kier alpha value is -3.71. The van der Waals surface area contributed by atoms with Crippen LogP contribution in [0.15, 0.2) is 36.7 Å². The molecule has 2 atom stereocenters. The summed E-state index contributed by atoms with van der Waals surface area (Å²) in [4.78, 5) is 23.9. The maximum Gasteiger partial charge on any atom is 0.337 e. The highest BCUT2D eigenvalue weighted by Gasteiger charge is 2.15. The summed E-state index contributed by atoms with van der Waals surface area (Å²) < 4.78 is 21.7. The molecule has 1 amide bonds. The Balaban J connectivity index is 1.47. The lowest BCUT2D eigenvalue weighted by atomic mass is 10.1. The zero-order chi connectivity index (χ0) is 23.8. The summed E-state index contributed by atoms with van der Waals surface area (Å²) in [6.07, 6.45) is 0.842. The van der Waals surface area contributed by atoms with Crippen LogP contribution >= 0.6 is 0 Å². The number of nitrogens with zero attached hydrogens (tertiary/aromatic N) is 6. The van der Waals surface area contributed by atoms with Crippen molar-refractivity contribution in [1.82, 2.24) is 40.6 Å². The molecule has 0 spiro atoms. The number of hydrogen-bond acceptors (Lipinski definition) is 9. The topological polar surface area (TPSA) is 149 Å². The molecule has 0 radical (unpaired) electrons. The van der Waals surface area contributed by atoms with Gasteiger partial charge in [-0.1, -0.05) is 22.6 Å². The quantitative estimate of drug-likeness (QED) is 0.270. The lowest BCUT2D eigenvalue weighted by molar-refractivity contribution is 0.0600. The summed E-state index contributed by atoms with van der Waals surface area (Å²) in [5.74, 6) is -0.940. The van der Waals surface area contributed by atoms with Crippen molar-refractivity contribution in [3.63, 3.8) is 0 Å². The third-order valence-corrected chi connectivity index (χ3v) is 4.74. The smallest absolute Gasteiger partial charge is 0.337 e. The van der Waals surface area contributed by atoms with E-state index in [0.717, 1.165) is 0 Å². The van der Waals surface area contributed by atoms with Crippen LogP contribution in [-0.2, 0) is 24.4 Å². The van der Waals surface area contributed by atoms with Crippen molar-refractivity contribution in [1.29, 1.82) is 0 Å². The molecule has 33 heavy (non-hydrogen) atoms. The predicted molar refractivity (Wildman–Crippen MR) is 113 cm³/mol. The molecule has 0 bridgehead atoms. The molecule has 0 fully saturated rings. The molecule has 0 saturated heterocycles. The molecule has 1 aromatic carbocycles. The number of aliphatic hydroxyl groups is 1. The molecule has 176 valence electrons. The van der Waals surface area contributed by atoms with Gasteiger partial charge in [-0.15, -0.1) is 10.2 Å². The van der Waals surface area contributed by atoms with E-state index in [0.29, 0.717) is 16.8 Å². The summed E-state index contributed by atoms with van der Waals surface area (Å²) in [5.41, 5.74) is 1.48. The van der Waals surface area contributed by atoms with Crippen LogP contribution < -0.4 is 10.6 Å². The molecular weight excluding hydrogens is 435 g/mol. The minimum absolute atomic E-state index is 0.0493. The number of carbonyl (C=O) groups is 2. The number of esters is 1. The number of aryl methyl sites for hydroxylation is 1. The van der Waals surface area contributed by atoms with E-state index in [9.17, 15) is 19.1 Å². The number of alkyl halides is 1. The van der Waals surface area contributed by atoms with E-state index in [2.05, 4.69) is 36.0 Å². The first-order valence-corrected chi connectivity index (χ1v) is 10.1. The Morgan fingerprint density at radius 2 is 2.00 bits per heavy atom. The number of aliphatic hydroxyl groups excluding tert-OH is 1. The van der Waals surface area contributed by atoms with Gasteiger partial charge >= 0.3 is 5.97 Å². The van der Waals surface area contributed by atoms with E-state index < -0.39 is 24.3 Å². The Bertz CT molecular complexity index is 1090. The summed E-state index contributed by atoms with van der Waals surface area (Å²) >= 11 is 0. The monoisotopic (exact) mass is 460 g/mol. The highest BCUT2D eigenvalue weighted by Crippen LogP contribution is 2.09. The third kappa shape index (κ3) is 6.63. The zero-order valence-corrected chi connectivity index (χ0v) is 18.2. The van der Waals surface area contributed by atoms with Gasteiger partial charge in [0, 0.05) is 19.5 Å². The van der Waals surface area contributed by atoms with E-state index in [1.165, 1.54) is 28.9 Å². The van der Waals surface area contributed by atoms with Crippen LogP contribution in [0.3, 0.4) is 0 Å². The lowest BCUT2D eigenvalue weighted by Gasteiger charge is -2.07. The molecule has 3 N–H and O–H groups in total. The Labute approximate surface area is 188 Å². The van der Waals surface area contributed by atoms with Gasteiger partial charge in [-0.25, -0.2) is 13.9 Å². The van der Waals surface area contributed by atoms with Crippen molar-refractivity contribution in [3.8, 4) is 0 Å². The number of ether oxygens (including phenoxy) is 1. The molecule has 0 saturated carbocycles. The van der Waals surface area contributed by atoms with E-state index in [-0.39, 0.29) is 31.7 Å². The van der Waals surface area contributed by atoms with Gasteiger partial charge in [-0.05, 0) is 24.7 Å². The van der Waals surface area contributed by atoms with E-state index in [1.807, 2.05) is 0 Å². The first kappa shape index (κ1) is 23.9. The van der Waals surface area contributed by atoms with Gasteiger partial charge in [-0.2, -0.15) is 0 Å². The molecule has 2 unspecified atom stereocenters. The van der Waals surface area contributed by atoms with Crippen LogP contribution in [0.1, 0.15) is 44.8 Å². The number of hydrogen-bond donors (Lipinski definition) is 3. The maximum absolute atomic E-state index is 14.4. The Kier molecular flexibility index (Phi) is 8.16. The van der Waals surface area contributed by atoms with Crippen LogP contribution in [0.4, 0.5) is 4.39 Å². The Morgan fingerprint density at radius 3 is 2.76 bits per heavy atom. The van der Waals surface area contributed by atoms with Gasteiger partial charge in [0.25, 0.3) is 5.91 Å². The van der Waals surface area contributed by atoms with E-state index in [4.69, 9.17) is 0 Å².